The van der Waals surface area contributed by atoms with Crippen molar-refractivity contribution in [3.05, 3.63) is 0 Å². The molecule has 1 amide bonds. The van der Waals surface area contributed by atoms with Crippen LogP contribution in [-0.2, 0) is 9.53 Å². The molecule has 2 aliphatic rings. The fourth-order valence-electron chi connectivity index (χ4n) is 4.39. The number of Topliss-reactive ketones (excluding diaryl/α,β-unsaturated/α-hetero) is 1. The van der Waals surface area contributed by atoms with Crippen LogP contribution in [0.5, 0.6) is 0 Å². The van der Waals surface area contributed by atoms with Crippen molar-refractivity contribution in [1.82, 2.24) is 14.7 Å². The Morgan fingerprint density at radius 2 is 1.78 bits per heavy atom. The third kappa shape index (κ3) is 5.21. The predicted molar refractivity (Wildman–Crippen MR) is 107 cm³/mol. The molecule has 156 valence electrons. The number of nitrogens with zero attached hydrogens (tertiary/aromatic N) is 3. The summed E-state index contributed by atoms with van der Waals surface area (Å²) in [5, 5.41) is 0. The first kappa shape index (κ1) is 22.1. The molecule has 27 heavy (non-hydrogen) atoms. The van der Waals surface area contributed by atoms with E-state index >= 15 is 0 Å². The van der Waals surface area contributed by atoms with Crippen molar-refractivity contribution in [2.24, 2.45) is 5.73 Å². The first-order valence-corrected chi connectivity index (χ1v) is 10.3. The van der Waals surface area contributed by atoms with E-state index in [1.807, 2.05) is 27.7 Å². The van der Waals surface area contributed by atoms with Crippen molar-refractivity contribution in [3.63, 3.8) is 0 Å². The molecule has 2 saturated heterocycles. The summed E-state index contributed by atoms with van der Waals surface area (Å²) in [4.78, 5) is 32.4. The quantitative estimate of drug-likeness (QED) is 0.780. The summed E-state index contributed by atoms with van der Waals surface area (Å²) in [6.07, 6.45) is 3.22. The van der Waals surface area contributed by atoms with Gasteiger partial charge in [-0.3, -0.25) is 14.6 Å². The van der Waals surface area contributed by atoms with E-state index in [9.17, 15) is 9.59 Å². The Kier molecular flexibility index (Phi) is 7.27. The lowest BCUT2D eigenvalue weighted by Crippen LogP contribution is -2.70. The van der Waals surface area contributed by atoms with E-state index in [0.717, 1.165) is 38.9 Å². The molecule has 1 unspecified atom stereocenters. The molecule has 2 aliphatic heterocycles. The standard InChI is InChI=1S/C20H38N4O3/c1-6-9-20(17(25)14-21)15-23(16-7-10-22(5)11-8-16)12-13-24(20)18(26)27-19(2,3)4/h16H,6-15,21H2,1-5H3. The zero-order valence-electron chi connectivity index (χ0n) is 17.8. The van der Waals surface area contributed by atoms with Crippen LogP contribution in [0, 0.1) is 0 Å². The second-order valence-electron chi connectivity index (χ2n) is 9.05. The Labute approximate surface area is 164 Å². The van der Waals surface area contributed by atoms with Gasteiger partial charge in [0.15, 0.2) is 5.78 Å². The number of likely N-dealkylation sites (tertiary alicyclic amines) is 1. The van der Waals surface area contributed by atoms with Crippen molar-refractivity contribution in [1.29, 1.82) is 0 Å². The third-order valence-corrected chi connectivity index (χ3v) is 5.78. The number of carbonyl (C=O) groups is 2. The summed E-state index contributed by atoms with van der Waals surface area (Å²) in [7, 11) is 2.15. The number of hydrogen-bond acceptors (Lipinski definition) is 6. The van der Waals surface area contributed by atoms with Gasteiger partial charge in [-0.15, -0.1) is 0 Å². The van der Waals surface area contributed by atoms with E-state index in [1.165, 1.54) is 0 Å². The molecule has 0 saturated carbocycles. The highest BCUT2D eigenvalue weighted by atomic mass is 16.6. The van der Waals surface area contributed by atoms with Crippen LogP contribution in [0.25, 0.3) is 0 Å². The molecule has 2 N–H and O–H groups in total. The Bertz CT molecular complexity index is 526. The lowest BCUT2D eigenvalue weighted by atomic mass is 9.83. The largest absolute Gasteiger partial charge is 0.444 e. The van der Waals surface area contributed by atoms with E-state index < -0.39 is 17.2 Å². The average molecular weight is 383 g/mol. The van der Waals surface area contributed by atoms with Crippen LogP contribution in [0.1, 0.15) is 53.4 Å². The van der Waals surface area contributed by atoms with Crippen LogP contribution >= 0.6 is 0 Å². The first-order valence-electron chi connectivity index (χ1n) is 10.3. The summed E-state index contributed by atoms with van der Waals surface area (Å²) in [5.41, 5.74) is 4.32. The monoisotopic (exact) mass is 382 g/mol. The van der Waals surface area contributed by atoms with E-state index in [2.05, 4.69) is 16.8 Å². The minimum absolute atomic E-state index is 0.0550. The molecule has 0 aliphatic carbocycles. The van der Waals surface area contributed by atoms with Gasteiger partial charge in [0.2, 0.25) is 0 Å². The van der Waals surface area contributed by atoms with Crippen LogP contribution in [0.15, 0.2) is 0 Å². The van der Waals surface area contributed by atoms with Gasteiger partial charge in [-0.05, 0) is 60.2 Å². The highest BCUT2D eigenvalue weighted by molar-refractivity contribution is 5.93. The van der Waals surface area contributed by atoms with E-state index in [4.69, 9.17) is 10.5 Å². The Morgan fingerprint density at radius 1 is 1.15 bits per heavy atom. The number of nitrogens with two attached hydrogens (primary N) is 1. The van der Waals surface area contributed by atoms with Crippen LogP contribution in [0.3, 0.4) is 0 Å². The van der Waals surface area contributed by atoms with Gasteiger partial charge < -0.3 is 15.4 Å². The number of rotatable bonds is 5. The zero-order chi connectivity index (χ0) is 20.2. The second kappa shape index (κ2) is 8.88. The van der Waals surface area contributed by atoms with E-state index in [1.54, 1.807) is 4.90 Å². The molecule has 2 rings (SSSR count). The Balaban J connectivity index is 2.27. The Morgan fingerprint density at radius 3 is 2.30 bits per heavy atom. The molecule has 0 spiro atoms. The molecule has 0 bridgehead atoms. The highest BCUT2D eigenvalue weighted by Gasteiger charge is 2.50. The molecule has 7 heteroatoms. The lowest BCUT2D eigenvalue weighted by Gasteiger charge is -2.52. The number of ketones is 1. The van der Waals surface area contributed by atoms with Crippen molar-refractivity contribution < 1.29 is 14.3 Å². The molecular formula is C20H38N4O3. The third-order valence-electron chi connectivity index (χ3n) is 5.78. The molecule has 2 heterocycles. The number of hydrogen-bond donors (Lipinski definition) is 1. The van der Waals surface area contributed by atoms with Gasteiger partial charge in [-0.25, -0.2) is 4.79 Å². The molecule has 0 aromatic heterocycles. The second-order valence-corrected chi connectivity index (χ2v) is 9.05. The van der Waals surface area contributed by atoms with Crippen LogP contribution in [0.4, 0.5) is 4.79 Å². The summed E-state index contributed by atoms with van der Waals surface area (Å²) in [6.45, 7) is 11.5. The SMILES string of the molecule is CCCC1(C(=O)CN)CN(C2CCN(C)CC2)CCN1C(=O)OC(C)(C)C. The van der Waals surface area contributed by atoms with Gasteiger partial charge >= 0.3 is 6.09 Å². The average Bonchev–Trinajstić information content (AvgIpc) is 2.60. The van der Waals surface area contributed by atoms with Gasteiger partial charge in [0.1, 0.15) is 11.1 Å². The number of carbonyl (C=O) groups excluding carboxylic acids is 2. The molecule has 0 radical (unpaired) electrons. The molecule has 0 aromatic rings. The zero-order valence-corrected chi connectivity index (χ0v) is 17.8. The fraction of sp³-hybridized carbons (Fsp3) is 0.900. The molecular weight excluding hydrogens is 344 g/mol. The predicted octanol–water partition coefficient (Wildman–Crippen LogP) is 1.70. The van der Waals surface area contributed by atoms with E-state index in [0.29, 0.717) is 25.6 Å². The minimum atomic E-state index is -0.882. The van der Waals surface area contributed by atoms with E-state index in [-0.39, 0.29) is 12.3 Å². The number of ether oxygens (including phenoxy) is 1. The topological polar surface area (TPSA) is 79.1 Å². The van der Waals surface area contributed by atoms with Crippen molar-refractivity contribution >= 4 is 11.9 Å². The van der Waals surface area contributed by atoms with Gasteiger partial charge in [-0.2, -0.15) is 0 Å². The van der Waals surface area contributed by atoms with Gasteiger partial charge in [0.25, 0.3) is 0 Å². The van der Waals surface area contributed by atoms with Gasteiger partial charge in [0, 0.05) is 25.7 Å². The summed E-state index contributed by atoms with van der Waals surface area (Å²) >= 11 is 0. The first-order chi connectivity index (χ1) is 12.6. The molecule has 2 fully saturated rings. The van der Waals surface area contributed by atoms with Gasteiger partial charge in [-0.1, -0.05) is 13.3 Å². The number of piperazine rings is 1. The summed E-state index contributed by atoms with van der Waals surface area (Å²) < 4.78 is 5.64. The van der Waals surface area contributed by atoms with Crippen molar-refractivity contribution in [3.8, 4) is 0 Å². The summed E-state index contributed by atoms with van der Waals surface area (Å²) in [6, 6.07) is 0.462. The maximum absolute atomic E-state index is 13.0. The van der Waals surface area contributed by atoms with Gasteiger partial charge in [0.05, 0.1) is 6.54 Å². The maximum atomic E-state index is 13.0. The smallest absolute Gasteiger partial charge is 0.411 e. The lowest BCUT2D eigenvalue weighted by molar-refractivity contribution is -0.136. The maximum Gasteiger partial charge on any atom is 0.411 e. The highest BCUT2D eigenvalue weighted by Crippen LogP contribution is 2.32. The van der Waals surface area contributed by atoms with Crippen LogP contribution in [0.2, 0.25) is 0 Å². The molecule has 7 nitrogen and oxygen atoms in total. The Hall–Kier alpha value is -1.18. The van der Waals surface area contributed by atoms with Crippen LogP contribution in [-0.4, -0.2) is 90.1 Å². The normalized spacial score (nSPS) is 26.2. The summed E-state index contributed by atoms with van der Waals surface area (Å²) in [5.74, 6) is -0.0622. The fourth-order valence-corrected chi connectivity index (χ4v) is 4.39. The van der Waals surface area contributed by atoms with Crippen molar-refractivity contribution in [2.75, 3.05) is 46.3 Å². The van der Waals surface area contributed by atoms with Crippen LogP contribution < -0.4 is 5.73 Å². The number of amides is 1. The molecule has 1 atom stereocenters. The number of piperidine rings is 1. The minimum Gasteiger partial charge on any atom is -0.444 e. The van der Waals surface area contributed by atoms with Crippen molar-refractivity contribution in [2.45, 2.75) is 70.6 Å². The molecule has 0 aromatic carbocycles.